The second-order valence-electron chi connectivity index (χ2n) is 6.40. The minimum atomic E-state index is -0.0764. The molecule has 1 amide bonds. The third-order valence-corrected chi connectivity index (χ3v) is 7.12. The lowest BCUT2D eigenvalue weighted by atomic mass is 10.3. The van der Waals surface area contributed by atoms with Crippen LogP contribution in [0.1, 0.15) is 27.2 Å². The average molecular weight is 448 g/mol. The molecular formula is C16H24BrN4O2S2+. The van der Waals surface area contributed by atoms with Gasteiger partial charge in [-0.1, -0.05) is 11.8 Å². The predicted molar refractivity (Wildman–Crippen MR) is 108 cm³/mol. The van der Waals surface area contributed by atoms with Gasteiger partial charge in [0.05, 0.1) is 11.9 Å². The van der Waals surface area contributed by atoms with Gasteiger partial charge in [-0.15, -0.1) is 0 Å². The van der Waals surface area contributed by atoms with Crippen LogP contribution in [0.5, 0.6) is 0 Å². The van der Waals surface area contributed by atoms with E-state index < -0.39 is 0 Å². The molecule has 2 rings (SSSR count). The summed E-state index contributed by atoms with van der Waals surface area (Å²) in [6, 6.07) is 3.75. The molecule has 0 aromatic carbocycles. The minimum Gasteiger partial charge on any atom is -0.355 e. The fourth-order valence-corrected chi connectivity index (χ4v) is 3.53. The van der Waals surface area contributed by atoms with E-state index in [0.29, 0.717) is 18.9 Å². The number of nitrogens with one attached hydrogen (secondary N) is 1. The first-order chi connectivity index (χ1) is 11.8. The molecule has 0 radical (unpaired) electrons. The van der Waals surface area contributed by atoms with Gasteiger partial charge < -0.3 is 5.32 Å². The van der Waals surface area contributed by atoms with Gasteiger partial charge in [0, 0.05) is 6.54 Å². The summed E-state index contributed by atoms with van der Waals surface area (Å²) in [5.41, 5.74) is 0.769. The molecule has 0 aliphatic rings. The van der Waals surface area contributed by atoms with Crippen molar-refractivity contribution < 1.29 is 8.98 Å². The molecule has 0 aliphatic carbocycles. The summed E-state index contributed by atoms with van der Waals surface area (Å²) in [5.74, 6) is 0.342. The Hall–Kier alpha value is -0.770. The number of thioether (sulfide) groups is 1. The molecule has 9 heteroatoms. The molecule has 0 spiro atoms. The molecule has 0 saturated heterocycles. The number of hydrogen-bond acceptors (Lipinski definition) is 5. The van der Waals surface area contributed by atoms with E-state index in [4.69, 9.17) is 4.18 Å². The van der Waals surface area contributed by atoms with Gasteiger partial charge in [0.1, 0.15) is 33.7 Å². The fourth-order valence-electron chi connectivity index (χ4n) is 1.76. The highest BCUT2D eigenvalue weighted by atomic mass is 79.9. The molecule has 2 aromatic heterocycles. The summed E-state index contributed by atoms with van der Waals surface area (Å²) < 4.78 is 8.47. The van der Waals surface area contributed by atoms with Crippen molar-refractivity contribution in [3.63, 3.8) is 0 Å². The van der Waals surface area contributed by atoms with Crippen LogP contribution in [0.3, 0.4) is 0 Å². The van der Waals surface area contributed by atoms with Crippen LogP contribution in [0.4, 0.5) is 0 Å². The van der Waals surface area contributed by atoms with Gasteiger partial charge in [-0.05, 0) is 55.3 Å². The summed E-state index contributed by atoms with van der Waals surface area (Å²) in [4.78, 5) is 16.1. The largest absolute Gasteiger partial charge is 0.355 e. The number of nitrogens with zero attached hydrogens (tertiary/aromatic N) is 3. The molecule has 2 aromatic rings. The van der Waals surface area contributed by atoms with Gasteiger partial charge in [0.2, 0.25) is 5.91 Å². The highest BCUT2D eigenvalue weighted by Crippen LogP contribution is 2.18. The van der Waals surface area contributed by atoms with E-state index >= 15 is 0 Å². The number of aromatic nitrogens is 3. The van der Waals surface area contributed by atoms with Crippen LogP contribution in [-0.2, 0) is 20.2 Å². The van der Waals surface area contributed by atoms with E-state index in [-0.39, 0.29) is 21.8 Å². The second kappa shape index (κ2) is 9.25. The van der Waals surface area contributed by atoms with Gasteiger partial charge in [-0.3, -0.25) is 4.79 Å². The normalized spacial score (nSPS) is 13.2. The molecule has 6 nitrogen and oxygen atoms in total. The Morgan fingerprint density at radius 1 is 1.44 bits per heavy atom. The van der Waals surface area contributed by atoms with Crippen molar-refractivity contribution in [3.8, 4) is 0 Å². The first-order valence-corrected chi connectivity index (χ1v) is 11.3. The summed E-state index contributed by atoms with van der Waals surface area (Å²) in [5, 5.41) is 8.13. The van der Waals surface area contributed by atoms with Crippen molar-refractivity contribution in [2.45, 2.75) is 37.0 Å². The molecule has 138 valence electrons. The molecule has 1 unspecified atom stereocenters. The average Bonchev–Trinajstić information content (AvgIpc) is 2.92. The quantitative estimate of drug-likeness (QED) is 0.382. The van der Waals surface area contributed by atoms with Crippen LogP contribution < -0.4 is 5.32 Å². The van der Waals surface area contributed by atoms with Crippen LogP contribution in [0.25, 0.3) is 5.65 Å². The molecule has 1 N–H and O–H groups in total. The van der Waals surface area contributed by atoms with E-state index in [1.54, 1.807) is 10.7 Å². The number of hydrogen-bond donors (Lipinski definition) is 1. The van der Waals surface area contributed by atoms with Gasteiger partial charge >= 0.3 is 0 Å². The lowest BCUT2D eigenvalue weighted by Crippen LogP contribution is -2.31. The minimum absolute atomic E-state index is 0.00270. The van der Waals surface area contributed by atoms with Crippen LogP contribution >= 0.6 is 27.7 Å². The summed E-state index contributed by atoms with van der Waals surface area (Å²) >= 11 is 4.72. The zero-order valence-electron chi connectivity index (χ0n) is 14.9. The Bertz CT molecular complexity index is 718. The maximum Gasteiger partial charge on any atom is 0.230 e. The standard InChI is InChI=1S/C16H23BrN4O2S2/c1-16(2,3)25(4)23-9-5-8-18-14(22)11-24-15-7-6-13-19-10-12(17)21(13)20-15/h6-7,10H,5,8-9,11H2,1-4H3/p+1. The van der Waals surface area contributed by atoms with Crippen LogP contribution in [0.2, 0.25) is 0 Å². The van der Waals surface area contributed by atoms with E-state index in [1.165, 1.54) is 11.8 Å². The Morgan fingerprint density at radius 3 is 2.92 bits per heavy atom. The third-order valence-electron chi connectivity index (χ3n) is 3.41. The zero-order valence-corrected chi connectivity index (χ0v) is 18.1. The van der Waals surface area contributed by atoms with E-state index in [1.807, 2.05) is 12.1 Å². The first kappa shape index (κ1) is 20.5. The predicted octanol–water partition coefficient (Wildman–Crippen LogP) is 3.07. The number of rotatable bonds is 8. The van der Waals surface area contributed by atoms with Crippen molar-refractivity contribution >= 4 is 50.4 Å². The van der Waals surface area contributed by atoms with Crippen molar-refractivity contribution in [2.75, 3.05) is 25.2 Å². The highest BCUT2D eigenvalue weighted by Gasteiger charge is 2.31. The monoisotopic (exact) mass is 447 g/mol. The van der Waals surface area contributed by atoms with Crippen molar-refractivity contribution in [1.29, 1.82) is 0 Å². The lowest BCUT2D eigenvalue weighted by Gasteiger charge is -2.15. The number of amides is 1. The molecule has 0 fully saturated rings. The summed E-state index contributed by atoms with van der Waals surface area (Å²) in [6.45, 7) is 7.80. The number of imidazole rings is 1. The van der Waals surface area contributed by atoms with Gasteiger partial charge in [0.15, 0.2) is 10.4 Å². The third kappa shape index (κ3) is 6.47. The zero-order chi connectivity index (χ0) is 18.4. The van der Waals surface area contributed by atoms with Gasteiger partial charge in [-0.2, -0.15) is 9.28 Å². The molecule has 2 heterocycles. The van der Waals surface area contributed by atoms with Gasteiger partial charge in [0.25, 0.3) is 0 Å². The lowest BCUT2D eigenvalue weighted by molar-refractivity contribution is -0.118. The molecule has 0 aliphatic heterocycles. The summed E-state index contributed by atoms with van der Waals surface area (Å²) in [6.07, 6.45) is 4.63. The first-order valence-electron chi connectivity index (χ1n) is 7.96. The Kier molecular flexibility index (Phi) is 7.60. The molecule has 1 atom stereocenters. The van der Waals surface area contributed by atoms with E-state index in [9.17, 15) is 4.79 Å². The molecule has 25 heavy (non-hydrogen) atoms. The fraction of sp³-hybridized carbons (Fsp3) is 0.562. The van der Waals surface area contributed by atoms with E-state index in [2.05, 4.69) is 58.4 Å². The Labute approximate surface area is 164 Å². The number of carbonyl (C=O) groups excluding carboxylic acids is 1. The van der Waals surface area contributed by atoms with Crippen LogP contribution in [0, 0.1) is 0 Å². The van der Waals surface area contributed by atoms with Crippen molar-refractivity contribution in [2.24, 2.45) is 0 Å². The van der Waals surface area contributed by atoms with Crippen molar-refractivity contribution in [3.05, 3.63) is 22.9 Å². The molecule has 0 saturated carbocycles. The Balaban J connectivity index is 1.66. The topological polar surface area (TPSA) is 68.5 Å². The molecular weight excluding hydrogens is 424 g/mol. The van der Waals surface area contributed by atoms with Crippen LogP contribution in [0.15, 0.2) is 28.0 Å². The number of fused-ring (bicyclic) bond motifs is 1. The second-order valence-corrected chi connectivity index (χ2v) is 10.6. The molecule has 0 bridgehead atoms. The smallest absolute Gasteiger partial charge is 0.230 e. The maximum atomic E-state index is 11.9. The summed E-state index contributed by atoms with van der Waals surface area (Å²) in [7, 11) is 0. The number of carbonyl (C=O) groups is 1. The van der Waals surface area contributed by atoms with E-state index in [0.717, 1.165) is 21.7 Å². The van der Waals surface area contributed by atoms with Crippen molar-refractivity contribution in [1.82, 2.24) is 19.9 Å². The Morgan fingerprint density at radius 2 is 2.20 bits per heavy atom. The highest BCUT2D eigenvalue weighted by molar-refractivity contribution is 9.10. The maximum absolute atomic E-state index is 11.9. The number of halogens is 1. The SMILES string of the molecule is C[S+](OCCCNC(=O)CSc1ccc2ncc(Br)n2n1)C(C)(C)C. The van der Waals surface area contributed by atoms with Gasteiger partial charge in [-0.25, -0.2) is 9.50 Å². The van der Waals surface area contributed by atoms with Crippen LogP contribution in [-0.4, -0.2) is 50.4 Å².